The molecule has 2 heterocycles. The van der Waals surface area contributed by atoms with Gasteiger partial charge in [-0.05, 0) is 31.2 Å². The van der Waals surface area contributed by atoms with Gasteiger partial charge in [-0.25, -0.2) is 0 Å². The molecule has 0 radical (unpaired) electrons. The predicted octanol–water partition coefficient (Wildman–Crippen LogP) is 1.91. The van der Waals surface area contributed by atoms with Crippen molar-refractivity contribution in [3.05, 3.63) is 53.4 Å². The molecule has 1 aromatic carbocycles. The van der Waals surface area contributed by atoms with Crippen LogP contribution in [-0.2, 0) is 4.79 Å². The van der Waals surface area contributed by atoms with Crippen molar-refractivity contribution in [3.63, 3.8) is 0 Å². The fraction of sp³-hybridized carbons (Fsp3) is 0.389. The molecule has 0 aliphatic carbocycles. The monoisotopic (exact) mass is 348 g/mol. The first-order chi connectivity index (χ1) is 11.6. The SMILES string of the molecule is C[C@@H]([NH2+]CC(=O)N1CCN(c2ccccc2Cl)CC1)c1ccco1. The number of rotatable bonds is 5. The van der Waals surface area contributed by atoms with Crippen molar-refractivity contribution in [2.24, 2.45) is 0 Å². The molecule has 1 aliphatic heterocycles. The zero-order valence-corrected chi connectivity index (χ0v) is 14.6. The molecule has 2 aromatic rings. The van der Waals surface area contributed by atoms with Gasteiger partial charge in [0.1, 0.15) is 6.04 Å². The van der Waals surface area contributed by atoms with E-state index in [1.807, 2.05) is 53.5 Å². The molecule has 1 aliphatic rings. The summed E-state index contributed by atoms with van der Waals surface area (Å²) in [5.74, 6) is 1.07. The molecule has 1 atom stereocenters. The summed E-state index contributed by atoms with van der Waals surface area (Å²) in [5, 5.41) is 2.78. The zero-order valence-electron chi connectivity index (χ0n) is 13.8. The predicted molar refractivity (Wildman–Crippen MR) is 94.2 cm³/mol. The van der Waals surface area contributed by atoms with Crippen molar-refractivity contribution < 1.29 is 14.5 Å². The molecule has 0 spiro atoms. The molecule has 2 N–H and O–H groups in total. The van der Waals surface area contributed by atoms with Gasteiger partial charge in [-0.1, -0.05) is 23.7 Å². The summed E-state index contributed by atoms with van der Waals surface area (Å²) in [7, 11) is 0. The number of hydrogen-bond acceptors (Lipinski definition) is 3. The number of halogens is 1. The molecule has 1 amide bonds. The highest BCUT2D eigenvalue weighted by Crippen LogP contribution is 2.25. The first kappa shape index (κ1) is 16.9. The molecule has 1 aromatic heterocycles. The number of nitrogens with zero attached hydrogens (tertiary/aromatic N) is 2. The topological polar surface area (TPSA) is 53.3 Å². The van der Waals surface area contributed by atoms with Gasteiger partial charge in [0.05, 0.1) is 17.0 Å². The average Bonchev–Trinajstić information content (AvgIpc) is 3.15. The molecule has 0 saturated carbocycles. The van der Waals surface area contributed by atoms with E-state index in [0.29, 0.717) is 6.54 Å². The van der Waals surface area contributed by atoms with Gasteiger partial charge in [-0.2, -0.15) is 0 Å². The molecule has 6 heteroatoms. The summed E-state index contributed by atoms with van der Waals surface area (Å²) < 4.78 is 5.37. The Kier molecular flexibility index (Phi) is 5.43. The van der Waals surface area contributed by atoms with Gasteiger partial charge in [0.2, 0.25) is 0 Å². The van der Waals surface area contributed by atoms with Crippen molar-refractivity contribution in [1.82, 2.24) is 4.90 Å². The zero-order chi connectivity index (χ0) is 16.9. The van der Waals surface area contributed by atoms with Crippen molar-refractivity contribution in [1.29, 1.82) is 0 Å². The highest BCUT2D eigenvalue weighted by atomic mass is 35.5. The Morgan fingerprint density at radius 2 is 1.96 bits per heavy atom. The lowest BCUT2D eigenvalue weighted by atomic mass is 10.2. The van der Waals surface area contributed by atoms with E-state index in [0.717, 1.165) is 42.6 Å². The summed E-state index contributed by atoms with van der Waals surface area (Å²) >= 11 is 6.25. The first-order valence-electron chi connectivity index (χ1n) is 8.29. The Labute approximate surface area is 147 Å². The van der Waals surface area contributed by atoms with Gasteiger partial charge >= 0.3 is 0 Å². The highest BCUT2D eigenvalue weighted by molar-refractivity contribution is 6.33. The number of para-hydroxylation sites is 1. The average molecular weight is 349 g/mol. The molecule has 0 unspecified atom stereocenters. The summed E-state index contributed by atoms with van der Waals surface area (Å²) in [6, 6.07) is 11.8. The number of quaternary nitrogens is 1. The number of hydrogen-bond donors (Lipinski definition) is 1. The van der Waals surface area contributed by atoms with Gasteiger partial charge in [-0.3, -0.25) is 4.79 Å². The van der Waals surface area contributed by atoms with Crippen LogP contribution in [-0.4, -0.2) is 43.5 Å². The summed E-state index contributed by atoms with van der Waals surface area (Å²) in [4.78, 5) is 16.6. The molecule has 5 nitrogen and oxygen atoms in total. The number of furan rings is 1. The maximum atomic E-state index is 12.4. The number of carbonyl (C=O) groups excluding carboxylic acids is 1. The van der Waals surface area contributed by atoms with Crippen LogP contribution in [0.25, 0.3) is 0 Å². The third kappa shape index (κ3) is 3.91. The van der Waals surface area contributed by atoms with Crippen LogP contribution in [0, 0.1) is 0 Å². The fourth-order valence-corrected chi connectivity index (χ4v) is 3.23. The Bertz CT molecular complexity index is 667. The maximum absolute atomic E-state index is 12.4. The third-order valence-corrected chi connectivity index (χ3v) is 4.78. The van der Waals surface area contributed by atoms with Crippen molar-refractivity contribution >= 4 is 23.2 Å². The van der Waals surface area contributed by atoms with E-state index in [-0.39, 0.29) is 11.9 Å². The van der Waals surface area contributed by atoms with E-state index < -0.39 is 0 Å². The lowest BCUT2D eigenvalue weighted by Gasteiger charge is -2.36. The summed E-state index contributed by atoms with van der Waals surface area (Å²) in [5.41, 5.74) is 1.05. The second kappa shape index (κ2) is 7.73. The fourth-order valence-electron chi connectivity index (χ4n) is 2.98. The van der Waals surface area contributed by atoms with Crippen LogP contribution in [0.5, 0.6) is 0 Å². The molecular weight excluding hydrogens is 326 g/mol. The van der Waals surface area contributed by atoms with E-state index in [1.54, 1.807) is 6.26 Å². The minimum atomic E-state index is 0.147. The molecule has 3 rings (SSSR count). The van der Waals surface area contributed by atoms with Gasteiger partial charge < -0.3 is 19.5 Å². The summed E-state index contributed by atoms with van der Waals surface area (Å²) in [6.07, 6.45) is 1.66. The Balaban J connectivity index is 1.48. The number of piperazine rings is 1. The lowest BCUT2D eigenvalue weighted by molar-refractivity contribution is -0.685. The van der Waals surface area contributed by atoms with Crippen LogP contribution in [0.3, 0.4) is 0 Å². The summed E-state index contributed by atoms with van der Waals surface area (Å²) in [6.45, 7) is 5.56. The van der Waals surface area contributed by atoms with Crippen LogP contribution in [0.2, 0.25) is 5.02 Å². The van der Waals surface area contributed by atoms with E-state index in [2.05, 4.69) is 4.90 Å². The number of nitrogens with two attached hydrogens (primary N) is 1. The van der Waals surface area contributed by atoms with Crippen molar-refractivity contribution in [3.8, 4) is 0 Å². The maximum Gasteiger partial charge on any atom is 0.277 e. The molecule has 1 saturated heterocycles. The van der Waals surface area contributed by atoms with Gasteiger partial charge in [-0.15, -0.1) is 0 Å². The number of benzene rings is 1. The number of carbonyl (C=O) groups is 1. The van der Waals surface area contributed by atoms with Gasteiger partial charge in [0.25, 0.3) is 5.91 Å². The van der Waals surface area contributed by atoms with Crippen LogP contribution < -0.4 is 10.2 Å². The normalized spacial score (nSPS) is 16.2. The van der Waals surface area contributed by atoms with Crippen molar-refractivity contribution in [2.45, 2.75) is 13.0 Å². The Morgan fingerprint density at radius 3 is 2.62 bits per heavy atom. The first-order valence-corrected chi connectivity index (χ1v) is 8.67. The van der Waals surface area contributed by atoms with Crippen LogP contribution in [0.4, 0.5) is 5.69 Å². The molecule has 128 valence electrons. The molecule has 1 fully saturated rings. The quantitative estimate of drug-likeness (QED) is 0.898. The van der Waals surface area contributed by atoms with Crippen LogP contribution >= 0.6 is 11.6 Å². The van der Waals surface area contributed by atoms with Crippen molar-refractivity contribution in [2.75, 3.05) is 37.6 Å². The second-order valence-electron chi connectivity index (χ2n) is 6.06. The second-order valence-corrected chi connectivity index (χ2v) is 6.47. The lowest BCUT2D eigenvalue weighted by Crippen LogP contribution is -2.87. The molecular formula is C18H23ClN3O2+. The highest BCUT2D eigenvalue weighted by Gasteiger charge is 2.24. The minimum absolute atomic E-state index is 0.147. The van der Waals surface area contributed by atoms with E-state index >= 15 is 0 Å². The molecule has 0 bridgehead atoms. The van der Waals surface area contributed by atoms with E-state index in [9.17, 15) is 4.79 Å². The largest absolute Gasteiger partial charge is 0.463 e. The van der Waals surface area contributed by atoms with Gasteiger partial charge in [0.15, 0.2) is 12.3 Å². The van der Waals surface area contributed by atoms with Crippen LogP contribution in [0.1, 0.15) is 18.7 Å². The third-order valence-electron chi connectivity index (χ3n) is 4.46. The number of anilines is 1. The van der Waals surface area contributed by atoms with Gasteiger partial charge in [0, 0.05) is 26.2 Å². The van der Waals surface area contributed by atoms with Crippen LogP contribution in [0.15, 0.2) is 47.1 Å². The molecule has 24 heavy (non-hydrogen) atoms. The smallest absolute Gasteiger partial charge is 0.277 e. The van der Waals surface area contributed by atoms with E-state index in [1.165, 1.54) is 0 Å². The van der Waals surface area contributed by atoms with E-state index in [4.69, 9.17) is 16.0 Å². The minimum Gasteiger partial charge on any atom is -0.463 e. The Morgan fingerprint density at radius 1 is 1.21 bits per heavy atom. The standard InChI is InChI=1S/C18H22ClN3O2/c1-14(17-7-4-12-24-17)20-13-18(23)22-10-8-21(9-11-22)16-6-3-2-5-15(16)19/h2-7,12,14,20H,8-11,13H2,1H3/p+1/t14-/m1/s1. The number of amides is 1. The Hall–Kier alpha value is -1.98.